The van der Waals surface area contributed by atoms with Crippen LogP contribution in [0.3, 0.4) is 0 Å². The normalized spacial score (nSPS) is 11.7. The van der Waals surface area contributed by atoms with Gasteiger partial charge in [0.1, 0.15) is 5.82 Å². The van der Waals surface area contributed by atoms with E-state index in [1.807, 2.05) is 44.2 Å². The smallest absolute Gasteiger partial charge is 0.227 e. The van der Waals surface area contributed by atoms with Crippen molar-refractivity contribution in [2.75, 3.05) is 0 Å². The van der Waals surface area contributed by atoms with E-state index in [1.54, 1.807) is 12.4 Å². The summed E-state index contributed by atoms with van der Waals surface area (Å²) in [6, 6.07) is 9.51. The fourth-order valence-electron chi connectivity index (χ4n) is 2.19. The molecular weight excluding hydrogens is 264 g/mol. The van der Waals surface area contributed by atoms with Crippen molar-refractivity contribution in [3.05, 3.63) is 48.3 Å². The summed E-state index contributed by atoms with van der Waals surface area (Å²) in [7, 11) is 0. The first-order valence-corrected chi connectivity index (χ1v) is 6.69. The number of fused-ring (bicyclic) bond motifs is 1. The number of hydrogen-bond donors (Lipinski definition) is 2. The number of nitrogens with two attached hydrogens (primary N) is 1. The molecule has 1 aromatic carbocycles. The molecule has 0 saturated heterocycles. The van der Waals surface area contributed by atoms with Crippen molar-refractivity contribution in [1.82, 2.24) is 15.0 Å². The molecule has 0 unspecified atom stereocenters. The fourth-order valence-corrected chi connectivity index (χ4v) is 2.19. The van der Waals surface area contributed by atoms with Gasteiger partial charge in [-0.2, -0.15) is 0 Å². The summed E-state index contributed by atoms with van der Waals surface area (Å²) < 4.78 is 0. The zero-order chi connectivity index (χ0) is 15.0. The van der Waals surface area contributed by atoms with Gasteiger partial charge in [0.2, 0.25) is 5.91 Å². The molecule has 2 aromatic heterocycles. The standard InChI is InChI=1S/C16H16N4O/c1-16(2,15(17)21)11-3-4-12-13(9-11)20-14(19-12)10-5-7-18-8-6-10/h3-9H,1-2H3,(H2,17,21)(H,19,20). The lowest BCUT2D eigenvalue weighted by molar-refractivity contribution is -0.122. The van der Waals surface area contributed by atoms with Gasteiger partial charge in [0.25, 0.3) is 0 Å². The van der Waals surface area contributed by atoms with Crippen LogP contribution in [0.5, 0.6) is 0 Å². The lowest BCUT2D eigenvalue weighted by Crippen LogP contribution is -2.35. The second kappa shape index (κ2) is 4.70. The number of rotatable bonds is 3. The van der Waals surface area contributed by atoms with Gasteiger partial charge in [0.05, 0.1) is 16.4 Å². The number of pyridine rings is 1. The van der Waals surface area contributed by atoms with Crippen molar-refractivity contribution in [2.24, 2.45) is 5.73 Å². The minimum atomic E-state index is -0.712. The number of H-pyrrole nitrogens is 1. The summed E-state index contributed by atoms with van der Waals surface area (Å²) in [5, 5.41) is 0. The molecule has 21 heavy (non-hydrogen) atoms. The summed E-state index contributed by atoms with van der Waals surface area (Å²) in [5.74, 6) is 0.428. The van der Waals surface area contributed by atoms with Gasteiger partial charge in [-0.25, -0.2) is 4.98 Å². The molecule has 0 aliphatic heterocycles. The molecule has 3 N–H and O–H groups in total. The van der Waals surface area contributed by atoms with Crippen molar-refractivity contribution in [3.63, 3.8) is 0 Å². The number of nitrogens with one attached hydrogen (secondary N) is 1. The Morgan fingerprint density at radius 3 is 2.57 bits per heavy atom. The van der Waals surface area contributed by atoms with E-state index >= 15 is 0 Å². The monoisotopic (exact) mass is 280 g/mol. The first kappa shape index (κ1) is 13.3. The molecule has 3 aromatic rings. The van der Waals surface area contributed by atoms with Crippen LogP contribution in [-0.4, -0.2) is 20.9 Å². The maximum absolute atomic E-state index is 11.6. The summed E-state index contributed by atoms with van der Waals surface area (Å²) in [4.78, 5) is 23.4. The van der Waals surface area contributed by atoms with Crippen LogP contribution in [0.15, 0.2) is 42.7 Å². The number of imidazole rings is 1. The third kappa shape index (κ3) is 2.27. The predicted octanol–water partition coefficient (Wildman–Crippen LogP) is 2.39. The number of hydrogen-bond acceptors (Lipinski definition) is 3. The third-order valence-corrected chi connectivity index (χ3v) is 3.77. The average molecular weight is 280 g/mol. The van der Waals surface area contributed by atoms with Gasteiger partial charge < -0.3 is 10.7 Å². The number of aromatic amines is 1. The number of carbonyl (C=O) groups is 1. The van der Waals surface area contributed by atoms with E-state index in [4.69, 9.17) is 5.73 Å². The van der Waals surface area contributed by atoms with Crippen LogP contribution < -0.4 is 5.73 Å². The minimum absolute atomic E-state index is 0.351. The number of nitrogens with zero attached hydrogens (tertiary/aromatic N) is 2. The van der Waals surface area contributed by atoms with Gasteiger partial charge in [-0.15, -0.1) is 0 Å². The highest BCUT2D eigenvalue weighted by Gasteiger charge is 2.27. The topological polar surface area (TPSA) is 84.7 Å². The molecule has 0 spiro atoms. The van der Waals surface area contributed by atoms with Gasteiger partial charge in [-0.05, 0) is 43.7 Å². The minimum Gasteiger partial charge on any atom is -0.369 e. The van der Waals surface area contributed by atoms with E-state index in [-0.39, 0.29) is 5.91 Å². The van der Waals surface area contributed by atoms with E-state index in [2.05, 4.69) is 15.0 Å². The molecule has 0 fully saturated rings. The Morgan fingerprint density at radius 1 is 1.19 bits per heavy atom. The molecule has 1 amide bonds. The van der Waals surface area contributed by atoms with Gasteiger partial charge in [-0.3, -0.25) is 9.78 Å². The number of primary amides is 1. The second-order valence-electron chi connectivity index (χ2n) is 5.54. The van der Waals surface area contributed by atoms with Gasteiger partial charge in [0.15, 0.2) is 0 Å². The summed E-state index contributed by atoms with van der Waals surface area (Å²) in [6.07, 6.45) is 3.45. The maximum Gasteiger partial charge on any atom is 0.227 e. The molecule has 0 aliphatic rings. The first-order chi connectivity index (χ1) is 9.98. The van der Waals surface area contributed by atoms with Crippen molar-refractivity contribution in [3.8, 4) is 11.4 Å². The lowest BCUT2D eigenvalue weighted by Gasteiger charge is -2.20. The van der Waals surface area contributed by atoms with E-state index < -0.39 is 5.41 Å². The molecule has 0 radical (unpaired) electrons. The van der Waals surface area contributed by atoms with Crippen molar-refractivity contribution >= 4 is 16.9 Å². The van der Waals surface area contributed by atoms with E-state index in [0.29, 0.717) is 0 Å². The predicted molar refractivity (Wildman–Crippen MR) is 81.5 cm³/mol. The van der Waals surface area contributed by atoms with E-state index in [0.717, 1.165) is 28.0 Å². The molecule has 0 saturated carbocycles. The Morgan fingerprint density at radius 2 is 1.90 bits per heavy atom. The Bertz CT molecular complexity index is 806. The highest BCUT2D eigenvalue weighted by atomic mass is 16.1. The molecule has 0 bridgehead atoms. The molecule has 5 heteroatoms. The molecule has 3 rings (SSSR count). The first-order valence-electron chi connectivity index (χ1n) is 6.69. The van der Waals surface area contributed by atoms with Crippen LogP contribution >= 0.6 is 0 Å². The van der Waals surface area contributed by atoms with Gasteiger partial charge in [-0.1, -0.05) is 6.07 Å². The van der Waals surface area contributed by atoms with Crippen LogP contribution in [0.1, 0.15) is 19.4 Å². The van der Waals surface area contributed by atoms with Crippen molar-refractivity contribution < 1.29 is 4.79 Å². The Balaban J connectivity index is 2.10. The highest BCUT2D eigenvalue weighted by Crippen LogP contribution is 2.27. The molecule has 0 atom stereocenters. The number of carbonyl (C=O) groups excluding carboxylic acids is 1. The van der Waals surface area contributed by atoms with E-state index in [1.165, 1.54) is 0 Å². The Labute approximate surface area is 122 Å². The SMILES string of the molecule is CC(C)(C(N)=O)c1ccc2nc(-c3ccncc3)[nH]c2c1. The highest BCUT2D eigenvalue weighted by molar-refractivity contribution is 5.88. The summed E-state index contributed by atoms with van der Waals surface area (Å²) >= 11 is 0. The zero-order valence-corrected chi connectivity index (χ0v) is 11.9. The van der Waals surface area contributed by atoms with Gasteiger partial charge in [0, 0.05) is 18.0 Å². The van der Waals surface area contributed by atoms with Crippen LogP contribution in [0.25, 0.3) is 22.4 Å². The molecular formula is C16H16N4O. The molecule has 2 heterocycles. The Kier molecular flexibility index (Phi) is 2.97. The van der Waals surface area contributed by atoms with Crippen LogP contribution in [-0.2, 0) is 10.2 Å². The fraction of sp³-hybridized carbons (Fsp3) is 0.188. The quantitative estimate of drug-likeness (QED) is 0.772. The van der Waals surface area contributed by atoms with Crippen LogP contribution in [0.2, 0.25) is 0 Å². The van der Waals surface area contributed by atoms with Crippen molar-refractivity contribution in [1.29, 1.82) is 0 Å². The largest absolute Gasteiger partial charge is 0.369 e. The number of benzene rings is 1. The third-order valence-electron chi connectivity index (χ3n) is 3.77. The lowest BCUT2D eigenvalue weighted by atomic mass is 9.84. The average Bonchev–Trinajstić information content (AvgIpc) is 2.91. The summed E-state index contributed by atoms with van der Waals surface area (Å²) in [6.45, 7) is 3.63. The second-order valence-corrected chi connectivity index (χ2v) is 5.54. The number of aromatic nitrogens is 3. The molecule has 106 valence electrons. The number of amides is 1. The van der Waals surface area contributed by atoms with Crippen molar-refractivity contribution in [2.45, 2.75) is 19.3 Å². The zero-order valence-electron chi connectivity index (χ0n) is 11.9. The van der Waals surface area contributed by atoms with Gasteiger partial charge >= 0.3 is 0 Å². The maximum atomic E-state index is 11.6. The van der Waals surface area contributed by atoms with Crippen LogP contribution in [0, 0.1) is 0 Å². The molecule has 5 nitrogen and oxygen atoms in total. The Hall–Kier alpha value is -2.69. The van der Waals surface area contributed by atoms with E-state index in [9.17, 15) is 4.79 Å². The van der Waals surface area contributed by atoms with Crippen LogP contribution in [0.4, 0.5) is 0 Å². The molecule has 0 aliphatic carbocycles. The summed E-state index contributed by atoms with van der Waals surface area (Å²) in [5.41, 5.74) is 8.33.